The number of pyridine rings is 2. The molecule has 0 saturated heterocycles. The van der Waals surface area contributed by atoms with Crippen LogP contribution >= 0.6 is 23.2 Å². The van der Waals surface area contributed by atoms with Crippen molar-refractivity contribution < 1.29 is 14.7 Å². The van der Waals surface area contributed by atoms with Gasteiger partial charge in [-0.15, -0.1) is 0 Å². The number of benzene rings is 2. The first-order valence-electron chi connectivity index (χ1n) is 13.4. The van der Waals surface area contributed by atoms with Crippen molar-refractivity contribution in [2.45, 2.75) is 13.1 Å². The van der Waals surface area contributed by atoms with Crippen LogP contribution in [-0.4, -0.2) is 46.5 Å². The predicted molar refractivity (Wildman–Crippen MR) is 173 cm³/mol. The third-order valence-corrected chi connectivity index (χ3v) is 6.43. The van der Waals surface area contributed by atoms with Crippen LogP contribution in [0, 0.1) is 0 Å². The highest BCUT2D eigenvalue weighted by Gasteiger charge is 2.08. The number of hydrogen-bond acceptors (Lipinski definition) is 7. The summed E-state index contributed by atoms with van der Waals surface area (Å²) in [6.45, 7) is 1.36. The van der Waals surface area contributed by atoms with Gasteiger partial charge in [-0.25, -0.2) is 4.79 Å². The highest BCUT2D eigenvalue weighted by Crippen LogP contribution is 2.12. The number of amides is 1. The third kappa shape index (κ3) is 10.9. The van der Waals surface area contributed by atoms with Crippen LogP contribution in [0.1, 0.15) is 31.8 Å². The second-order valence-corrected chi connectivity index (χ2v) is 10.2. The van der Waals surface area contributed by atoms with Crippen molar-refractivity contribution in [3.8, 4) is 0 Å². The number of nitrogen functional groups attached to an aromatic ring is 1. The Morgan fingerprint density at radius 3 is 1.60 bits per heavy atom. The Morgan fingerprint density at radius 2 is 1.13 bits per heavy atom. The molecular weight excluding hydrogens is 615 g/mol. The van der Waals surface area contributed by atoms with E-state index in [2.05, 4.69) is 25.5 Å². The lowest BCUT2D eigenvalue weighted by atomic mass is 10.2. The van der Waals surface area contributed by atoms with Crippen molar-refractivity contribution in [1.29, 1.82) is 0 Å². The second kappa shape index (κ2) is 16.4. The number of carboxylic acid groups (broad SMARTS) is 1. The molecule has 0 bridgehead atoms. The maximum atomic E-state index is 12.1. The van der Waals surface area contributed by atoms with Crippen molar-refractivity contribution >= 4 is 46.7 Å². The zero-order chi connectivity index (χ0) is 32.0. The Bertz CT molecular complexity index is 1790. The summed E-state index contributed by atoms with van der Waals surface area (Å²) < 4.78 is 3.55. The van der Waals surface area contributed by atoms with Crippen molar-refractivity contribution in [2.24, 2.45) is 0 Å². The molecule has 11 nitrogen and oxygen atoms in total. The van der Waals surface area contributed by atoms with Gasteiger partial charge in [0.15, 0.2) is 5.82 Å². The summed E-state index contributed by atoms with van der Waals surface area (Å²) in [6, 6.07) is 24.0. The number of anilines is 2. The molecule has 0 spiro atoms. The first-order chi connectivity index (χ1) is 21.7. The molecule has 0 unspecified atom stereocenters. The van der Waals surface area contributed by atoms with E-state index in [1.807, 2.05) is 36.7 Å². The minimum Gasteiger partial charge on any atom is -0.478 e. The summed E-state index contributed by atoms with van der Waals surface area (Å²) in [5, 5.41) is 20.7. The molecule has 1 amide bonds. The van der Waals surface area contributed by atoms with Gasteiger partial charge in [0, 0.05) is 58.9 Å². The molecule has 0 aliphatic rings. The van der Waals surface area contributed by atoms with E-state index in [-0.39, 0.29) is 11.5 Å². The summed E-state index contributed by atoms with van der Waals surface area (Å²) >= 11 is 11.3. The number of nitrogens with one attached hydrogen (secondary N) is 1. The van der Waals surface area contributed by atoms with Gasteiger partial charge in [-0.2, -0.15) is 10.2 Å². The number of rotatable bonds is 7. The first kappa shape index (κ1) is 32.4. The van der Waals surface area contributed by atoms with E-state index >= 15 is 0 Å². The Balaban J connectivity index is 0.000000170. The minimum atomic E-state index is -0.934. The average molecular weight is 644 g/mol. The molecule has 6 rings (SSSR count). The molecule has 0 aliphatic carbocycles. The number of hydrogen-bond donors (Lipinski definition) is 3. The van der Waals surface area contributed by atoms with Gasteiger partial charge in [-0.3, -0.25) is 24.1 Å². The molecule has 4 heterocycles. The van der Waals surface area contributed by atoms with Gasteiger partial charge >= 0.3 is 5.97 Å². The number of aromatic carboxylic acids is 1. The molecule has 13 heteroatoms. The van der Waals surface area contributed by atoms with E-state index in [1.54, 1.807) is 82.7 Å². The monoisotopic (exact) mass is 642 g/mol. The summed E-state index contributed by atoms with van der Waals surface area (Å²) in [5.74, 6) is -0.0921. The summed E-state index contributed by atoms with van der Waals surface area (Å²) in [4.78, 5) is 30.3. The van der Waals surface area contributed by atoms with Gasteiger partial charge in [-0.05, 0) is 90.0 Å². The summed E-state index contributed by atoms with van der Waals surface area (Å²) in [6.07, 6.45) is 10.7. The normalized spacial score (nSPS) is 10.1. The van der Waals surface area contributed by atoms with Gasteiger partial charge in [0.25, 0.3) is 5.91 Å². The summed E-state index contributed by atoms with van der Waals surface area (Å²) in [5.41, 5.74) is 8.53. The van der Waals surface area contributed by atoms with Gasteiger partial charge in [0.2, 0.25) is 0 Å². The molecule has 0 atom stereocenters. The lowest BCUT2D eigenvalue weighted by molar-refractivity contribution is 0.0696. The van der Waals surface area contributed by atoms with Crippen molar-refractivity contribution in [1.82, 2.24) is 29.5 Å². The predicted octanol–water partition coefficient (Wildman–Crippen LogP) is 6.18. The van der Waals surface area contributed by atoms with Crippen molar-refractivity contribution in [3.63, 3.8) is 0 Å². The molecule has 0 aliphatic heterocycles. The molecule has 4 N–H and O–H groups in total. The van der Waals surface area contributed by atoms with Crippen LogP contribution in [0.15, 0.2) is 122 Å². The standard InChI is InChI=1S/C16H13ClN4O.C9H10N4.C7H5ClO2/c17-14-3-1-13(2-4-14)16(22)19-15-7-10-21(20-15)11-12-5-8-18-9-6-12;10-9-3-6-13(12-9)7-8-1-4-11-5-2-8;8-6-3-1-5(2-4-6)7(9)10/h1-10H,11H2,(H,19,20,22);1-6H,7H2,(H2,10,12);1-4H,(H,9,10). The van der Waals surface area contributed by atoms with Gasteiger partial charge < -0.3 is 16.2 Å². The van der Waals surface area contributed by atoms with Crippen LogP contribution in [0.2, 0.25) is 10.0 Å². The Kier molecular flexibility index (Phi) is 11.8. The highest BCUT2D eigenvalue weighted by atomic mass is 35.5. The molecule has 4 aromatic heterocycles. The van der Waals surface area contributed by atoms with Crippen LogP contribution in [0.3, 0.4) is 0 Å². The lowest BCUT2D eigenvalue weighted by Crippen LogP contribution is -2.12. The van der Waals surface area contributed by atoms with E-state index in [1.165, 1.54) is 12.1 Å². The van der Waals surface area contributed by atoms with E-state index in [0.29, 0.717) is 33.8 Å². The highest BCUT2D eigenvalue weighted by molar-refractivity contribution is 6.31. The van der Waals surface area contributed by atoms with Crippen LogP contribution in [-0.2, 0) is 13.1 Å². The quantitative estimate of drug-likeness (QED) is 0.186. The topological polar surface area (TPSA) is 154 Å². The molecular formula is C32H28Cl2N8O3. The molecule has 2 aromatic carbocycles. The van der Waals surface area contributed by atoms with E-state index < -0.39 is 5.97 Å². The minimum absolute atomic E-state index is 0.217. The second-order valence-electron chi connectivity index (χ2n) is 9.32. The van der Waals surface area contributed by atoms with E-state index in [9.17, 15) is 9.59 Å². The maximum absolute atomic E-state index is 12.1. The smallest absolute Gasteiger partial charge is 0.335 e. The Morgan fingerprint density at radius 1 is 0.667 bits per heavy atom. The van der Waals surface area contributed by atoms with Crippen molar-refractivity contribution in [3.05, 3.63) is 154 Å². The molecule has 0 radical (unpaired) electrons. The van der Waals surface area contributed by atoms with Gasteiger partial charge in [-0.1, -0.05) is 23.2 Å². The van der Waals surface area contributed by atoms with Crippen LogP contribution in [0.5, 0.6) is 0 Å². The average Bonchev–Trinajstić information content (AvgIpc) is 3.67. The Hall–Kier alpha value is -5.52. The number of carbonyl (C=O) groups excluding carboxylic acids is 1. The number of nitrogens with two attached hydrogens (primary N) is 1. The Labute approximate surface area is 268 Å². The fourth-order valence-corrected chi connectivity index (χ4v) is 3.97. The SMILES string of the molecule is Nc1ccn(Cc2ccncc2)n1.O=C(Nc1ccn(Cc2ccncc2)n1)c1ccc(Cl)cc1.O=C(O)c1ccc(Cl)cc1. The maximum Gasteiger partial charge on any atom is 0.335 e. The fraction of sp³-hybridized carbons (Fsp3) is 0.0625. The molecule has 45 heavy (non-hydrogen) atoms. The third-order valence-electron chi connectivity index (χ3n) is 5.93. The zero-order valence-electron chi connectivity index (χ0n) is 23.7. The largest absolute Gasteiger partial charge is 0.478 e. The molecule has 0 saturated carbocycles. The number of carbonyl (C=O) groups is 2. The molecule has 6 aromatic rings. The number of halogens is 2. The number of aromatic nitrogens is 6. The first-order valence-corrected chi connectivity index (χ1v) is 14.2. The molecule has 228 valence electrons. The number of carboxylic acids is 1. The van der Waals surface area contributed by atoms with Gasteiger partial charge in [0.1, 0.15) is 5.82 Å². The van der Waals surface area contributed by atoms with Crippen molar-refractivity contribution in [2.75, 3.05) is 11.1 Å². The number of nitrogens with zero attached hydrogens (tertiary/aromatic N) is 6. The van der Waals surface area contributed by atoms with E-state index in [4.69, 9.17) is 34.0 Å². The fourth-order valence-electron chi connectivity index (χ4n) is 3.71. The van der Waals surface area contributed by atoms with Crippen LogP contribution in [0.4, 0.5) is 11.6 Å². The molecule has 0 fully saturated rings. The zero-order valence-corrected chi connectivity index (χ0v) is 25.3. The van der Waals surface area contributed by atoms with E-state index in [0.717, 1.165) is 17.7 Å². The van der Waals surface area contributed by atoms with Crippen LogP contribution < -0.4 is 11.1 Å². The summed E-state index contributed by atoms with van der Waals surface area (Å²) in [7, 11) is 0. The lowest BCUT2D eigenvalue weighted by Gasteiger charge is -2.03. The van der Waals surface area contributed by atoms with Gasteiger partial charge in [0.05, 0.1) is 18.7 Å². The van der Waals surface area contributed by atoms with Crippen LogP contribution in [0.25, 0.3) is 0 Å².